The van der Waals surface area contributed by atoms with E-state index in [0.717, 1.165) is 12.5 Å². The summed E-state index contributed by atoms with van der Waals surface area (Å²) in [6.45, 7) is 2.59. The number of hydrogen-bond donors (Lipinski definition) is 0. The van der Waals surface area contributed by atoms with Crippen molar-refractivity contribution in [1.82, 2.24) is 0 Å². The SMILES string of the molecule is CC#Cc1ccc(C(C)(F)F)cc1. The van der Waals surface area contributed by atoms with Gasteiger partial charge in [0.05, 0.1) is 0 Å². The fourth-order valence-corrected chi connectivity index (χ4v) is 0.991. The first-order valence-corrected chi connectivity index (χ1v) is 3.95. The summed E-state index contributed by atoms with van der Waals surface area (Å²) in [5.41, 5.74) is 0.782. The molecule has 0 saturated carbocycles. The van der Waals surface area contributed by atoms with Gasteiger partial charge in [-0.3, -0.25) is 0 Å². The van der Waals surface area contributed by atoms with Gasteiger partial charge >= 0.3 is 0 Å². The molecular weight excluding hydrogens is 170 g/mol. The van der Waals surface area contributed by atoms with Crippen molar-refractivity contribution < 1.29 is 8.78 Å². The van der Waals surface area contributed by atoms with Gasteiger partial charge in [-0.2, -0.15) is 0 Å². The van der Waals surface area contributed by atoms with Gasteiger partial charge < -0.3 is 0 Å². The predicted molar refractivity (Wildman–Crippen MR) is 48.6 cm³/mol. The minimum absolute atomic E-state index is 0.0224. The lowest BCUT2D eigenvalue weighted by Crippen LogP contribution is -2.06. The molecule has 0 radical (unpaired) electrons. The van der Waals surface area contributed by atoms with Gasteiger partial charge in [0, 0.05) is 18.1 Å². The van der Waals surface area contributed by atoms with E-state index in [4.69, 9.17) is 0 Å². The Hall–Kier alpha value is -1.36. The van der Waals surface area contributed by atoms with Crippen molar-refractivity contribution in [3.8, 4) is 11.8 Å². The van der Waals surface area contributed by atoms with Crippen molar-refractivity contribution in [2.45, 2.75) is 19.8 Å². The molecule has 0 atom stereocenters. The summed E-state index contributed by atoms with van der Waals surface area (Å²) in [5.74, 6) is 2.73. The van der Waals surface area contributed by atoms with Crippen LogP contribution < -0.4 is 0 Å². The molecule has 13 heavy (non-hydrogen) atoms. The van der Waals surface area contributed by atoms with Crippen molar-refractivity contribution in [2.24, 2.45) is 0 Å². The molecule has 0 aliphatic rings. The molecule has 1 aromatic rings. The minimum atomic E-state index is -2.77. The van der Waals surface area contributed by atoms with Crippen LogP contribution in [0.15, 0.2) is 24.3 Å². The van der Waals surface area contributed by atoms with Crippen LogP contribution in [-0.2, 0) is 5.92 Å². The van der Waals surface area contributed by atoms with Crippen LogP contribution in [0.3, 0.4) is 0 Å². The van der Waals surface area contributed by atoms with Gasteiger partial charge in [-0.25, -0.2) is 8.78 Å². The number of rotatable bonds is 1. The van der Waals surface area contributed by atoms with E-state index in [-0.39, 0.29) is 5.56 Å². The number of benzene rings is 1. The average molecular weight is 180 g/mol. The summed E-state index contributed by atoms with van der Waals surface area (Å²) in [7, 11) is 0. The number of hydrogen-bond acceptors (Lipinski definition) is 0. The van der Waals surface area contributed by atoms with Gasteiger partial charge in [-0.1, -0.05) is 18.1 Å². The predicted octanol–water partition coefficient (Wildman–Crippen LogP) is 3.17. The second-order valence-corrected chi connectivity index (χ2v) is 2.84. The summed E-state index contributed by atoms with van der Waals surface area (Å²) >= 11 is 0. The van der Waals surface area contributed by atoms with Crippen molar-refractivity contribution in [3.63, 3.8) is 0 Å². The maximum atomic E-state index is 12.7. The highest BCUT2D eigenvalue weighted by Crippen LogP contribution is 2.26. The Kier molecular flexibility index (Phi) is 2.67. The first kappa shape index (κ1) is 9.73. The van der Waals surface area contributed by atoms with Gasteiger partial charge in [-0.15, -0.1) is 5.92 Å². The Bertz CT molecular complexity index is 333. The highest BCUT2D eigenvalue weighted by Gasteiger charge is 2.23. The molecule has 0 nitrogen and oxygen atoms in total. The van der Waals surface area contributed by atoms with Gasteiger partial charge in [0.15, 0.2) is 0 Å². The van der Waals surface area contributed by atoms with Crippen LogP contribution in [0.1, 0.15) is 25.0 Å². The van der Waals surface area contributed by atoms with E-state index in [1.165, 1.54) is 12.1 Å². The lowest BCUT2D eigenvalue weighted by molar-refractivity contribution is 0.0175. The van der Waals surface area contributed by atoms with E-state index < -0.39 is 5.92 Å². The zero-order valence-electron chi connectivity index (χ0n) is 7.57. The normalized spacial score (nSPS) is 10.5. The Labute approximate surface area is 76.6 Å². The molecule has 0 N–H and O–H groups in total. The van der Waals surface area contributed by atoms with Crippen LogP contribution in [0.2, 0.25) is 0 Å². The smallest absolute Gasteiger partial charge is 0.202 e. The highest BCUT2D eigenvalue weighted by atomic mass is 19.3. The maximum Gasteiger partial charge on any atom is 0.270 e. The van der Waals surface area contributed by atoms with E-state index in [1.54, 1.807) is 19.1 Å². The molecule has 0 aromatic heterocycles. The van der Waals surface area contributed by atoms with Crippen LogP contribution in [0.5, 0.6) is 0 Å². The highest BCUT2D eigenvalue weighted by molar-refractivity contribution is 5.36. The van der Waals surface area contributed by atoms with Crippen molar-refractivity contribution in [1.29, 1.82) is 0 Å². The summed E-state index contributed by atoms with van der Waals surface area (Å²) in [6.07, 6.45) is 0. The van der Waals surface area contributed by atoms with Gasteiger partial charge in [-0.05, 0) is 19.1 Å². The summed E-state index contributed by atoms with van der Waals surface area (Å²) in [5, 5.41) is 0. The number of halogens is 2. The molecule has 0 saturated heterocycles. The Balaban J connectivity index is 2.98. The fourth-order valence-electron chi connectivity index (χ4n) is 0.991. The molecule has 0 aliphatic heterocycles. The first-order chi connectivity index (χ1) is 6.04. The standard InChI is InChI=1S/C11H10F2/c1-3-4-9-5-7-10(8-6-9)11(2,12)13/h5-8H,1-2H3. The second kappa shape index (κ2) is 3.57. The minimum Gasteiger partial charge on any atom is -0.202 e. The van der Waals surface area contributed by atoms with E-state index in [9.17, 15) is 8.78 Å². The summed E-state index contributed by atoms with van der Waals surface area (Å²) < 4.78 is 25.5. The van der Waals surface area contributed by atoms with Gasteiger partial charge in [0.1, 0.15) is 0 Å². The quantitative estimate of drug-likeness (QED) is 0.582. The zero-order valence-corrected chi connectivity index (χ0v) is 7.57. The largest absolute Gasteiger partial charge is 0.270 e. The Morgan fingerprint density at radius 2 is 1.69 bits per heavy atom. The molecule has 1 rings (SSSR count). The van der Waals surface area contributed by atoms with Gasteiger partial charge in [0.2, 0.25) is 0 Å². The topological polar surface area (TPSA) is 0 Å². The third-order valence-corrected chi connectivity index (χ3v) is 1.66. The molecule has 0 amide bonds. The molecule has 1 aromatic carbocycles. The third-order valence-electron chi connectivity index (χ3n) is 1.66. The Morgan fingerprint density at radius 1 is 1.15 bits per heavy atom. The average Bonchev–Trinajstić information content (AvgIpc) is 2.04. The summed E-state index contributed by atoms with van der Waals surface area (Å²) in [6, 6.07) is 6.01. The molecular formula is C11H10F2. The molecule has 2 heteroatoms. The van der Waals surface area contributed by atoms with Crippen LogP contribution in [0.25, 0.3) is 0 Å². The van der Waals surface area contributed by atoms with Crippen LogP contribution >= 0.6 is 0 Å². The lowest BCUT2D eigenvalue weighted by atomic mass is 10.1. The van der Waals surface area contributed by atoms with E-state index in [2.05, 4.69) is 11.8 Å². The Morgan fingerprint density at radius 3 is 2.08 bits per heavy atom. The van der Waals surface area contributed by atoms with Gasteiger partial charge in [0.25, 0.3) is 5.92 Å². The lowest BCUT2D eigenvalue weighted by Gasteiger charge is -2.09. The molecule has 0 aliphatic carbocycles. The second-order valence-electron chi connectivity index (χ2n) is 2.84. The van der Waals surface area contributed by atoms with E-state index in [0.29, 0.717) is 0 Å². The van der Waals surface area contributed by atoms with E-state index >= 15 is 0 Å². The molecule has 0 fully saturated rings. The first-order valence-electron chi connectivity index (χ1n) is 3.95. The molecule has 68 valence electrons. The number of alkyl halides is 2. The molecule has 0 bridgehead atoms. The summed E-state index contributed by atoms with van der Waals surface area (Å²) in [4.78, 5) is 0. The van der Waals surface area contributed by atoms with Crippen LogP contribution in [-0.4, -0.2) is 0 Å². The zero-order chi connectivity index (χ0) is 9.90. The third kappa shape index (κ3) is 2.55. The molecule has 0 heterocycles. The molecule has 0 unspecified atom stereocenters. The van der Waals surface area contributed by atoms with E-state index in [1.807, 2.05) is 0 Å². The van der Waals surface area contributed by atoms with Crippen LogP contribution in [0, 0.1) is 11.8 Å². The maximum absolute atomic E-state index is 12.7. The van der Waals surface area contributed by atoms with Crippen molar-refractivity contribution >= 4 is 0 Å². The fraction of sp³-hybridized carbons (Fsp3) is 0.273. The molecule has 0 spiro atoms. The van der Waals surface area contributed by atoms with Crippen molar-refractivity contribution in [2.75, 3.05) is 0 Å². The van der Waals surface area contributed by atoms with Crippen molar-refractivity contribution in [3.05, 3.63) is 35.4 Å². The van der Waals surface area contributed by atoms with Crippen LogP contribution in [0.4, 0.5) is 8.78 Å². The monoisotopic (exact) mass is 180 g/mol.